The molecule has 0 spiro atoms. The molecule has 0 aliphatic rings. The van der Waals surface area contributed by atoms with Crippen molar-refractivity contribution in [2.24, 2.45) is 0 Å². The van der Waals surface area contributed by atoms with E-state index < -0.39 is 31.7 Å². The zero-order valence-corrected chi connectivity index (χ0v) is 48.7. The molecule has 0 saturated carbocycles. The van der Waals surface area contributed by atoms with Crippen LogP contribution >= 0.6 is 31.7 Å². The molecule has 0 bridgehead atoms. The molecule has 0 amide bonds. The zero-order chi connectivity index (χ0) is 51.7. The van der Waals surface area contributed by atoms with Gasteiger partial charge in [-0.25, -0.2) is 0 Å². The van der Waals surface area contributed by atoms with Crippen molar-refractivity contribution in [1.29, 1.82) is 0 Å². The molecule has 5 heteroatoms. The van der Waals surface area contributed by atoms with Gasteiger partial charge in [-0.05, 0) is 146 Å². The molecule has 0 aliphatic heterocycles. The Morgan fingerprint density at radius 3 is 0.247 bits per heavy atom. The Morgan fingerprint density at radius 2 is 0.182 bits per heavy atom. The smallest absolute Gasteiger partial charge is 0.0620 e. The third-order valence-corrected chi connectivity index (χ3v) is 23.7. The first-order chi connectivity index (χ1) is 37.8. The normalized spacial score (nSPS) is 10.4. The van der Waals surface area contributed by atoms with Gasteiger partial charge in [-0.15, -0.1) is 0 Å². The van der Waals surface area contributed by atoms with Gasteiger partial charge in [0.1, 0.15) is 63.7 Å². The predicted octanol–water partition coefficient (Wildman–Crippen LogP) is 13.2. The molecule has 77 heavy (non-hydrogen) atoms. The fraction of sp³-hybridized carbons (Fsp3) is 0. The van der Waals surface area contributed by atoms with Gasteiger partial charge in [0.25, 0.3) is 0 Å². The van der Waals surface area contributed by atoms with Gasteiger partial charge >= 0.3 is 0 Å². The molecule has 0 heterocycles. The van der Waals surface area contributed by atoms with Crippen molar-refractivity contribution in [3.8, 4) is 0 Å². The largest absolute Gasteiger partial charge is 0.102 e. The van der Waals surface area contributed by atoms with Crippen LogP contribution in [0.15, 0.2) is 364 Å². The molecule has 0 unspecified atom stereocenters. The monoisotopic (exact) mass is 1160 g/mol. The van der Waals surface area contributed by atoms with Crippen LogP contribution in [-0.2, 0) is 19.5 Å². The summed E-state index contributed by atoms with van der Waals surface area (Å²) in [5.41, 5.74) is 0. The van der Waals surface area contributed by atoms with Crippen LogP contribution in [0.1, 0.15) is 2.85 Å². The molecule has 0 aromatic heterocycles. The Bertz CT molecular complexity index is 2590. The average molecular weight is 1160 g/mol. The van der Waals surface area contributed by atoms with Gasteiger partial charge in [0, 0.05) is 22.3 Å². The second-order valence-corrected chi connectivity index (χ2v) is 27.8. The van der Waals surface area contributed by atoms with Crippen LogP contribution in [0.2, 0.25) is 0 Å². The first-order valence-corrected chi connectivity index (χ1v) is 31.9. The van der Waals surface area contributed by atoms with Gasteiger partial charge in [0.05, 0.1) is 31.7 Å². The topological polar surface area (TPSA) is 0 Å². The SMILES string of the molecule is [HH].[HH].[Ru].c1ccc([PH+](c2ccccc2)c2ccccc2)cc1.c1ccc([PH+](c2ccccc2)c2ccccc2)cc1.c1ccc([PH+](c2ccccc2)c2ccccc2)cc1.c1ccc([PH+](c2ccccc2)c2ccccc2)cc1. The molecule has 0 nitrogen and oxygen atoms in total. The predicted molar refractivity (Wildman–Crippen MR) is 350 cm³/mol. The second kappa shape index (κ2) is 31.3. The van der Waals surface area contributed by atoms with Crippen LogP contribution in [0, 0.1) is 0 Å². The van der Waals surface area contributed by atoms with E-state index in [9.17, 15) is 0 Å². The van der Waals surface area contributed by atoms with Crippen LogP contribution in [0.3, 0.4) is 0 Å². The molecular formula is C72H68P4Ru+4. The van der Waals surface area contributed by atoms with Gasteiger partial charge in [-0.3, -0.25) is 0 Å². The minimum absolute atomic E-state index is 0. The van der Waals surface area contributed by atoms with Gasteiger partial charge < -0.3 is 0 Å². The molecule has 0 atom stereocenters. The van der Waals surface area contributed by atoms with E-state index >= 15 is 0 Å². The zero-order valence-electron chi connectivity index (χ0n) is 43.0. The standard InChI is InChI=1S/4C18H15P.Ru.2H2/c4*1-4-10-16(11-5-1)19(17-12-6-2-7-13-17)18-14-8-3-9-15-18;;;/h4*1-15H;;2*1H/p+4. The average Bonchev–Trinajstić information content (AvgIpc) is 3.51. The second-order valence-electron chi connectivity index (χ2n) is 17.9. The third-order valence-electron chi connectivity index (χ3n) is 12.7. The summed E-state index contributed by atoms with van der Waals surface area (Å²) >= 11 is 0. The number of hydrogen-bond donors (Lipinski definition) is 0. The molecule has 12 aromatic rings. The maximum Gasteiger partial charge on any atom is 0.102 e. The number of benzene rings is 12. The van der Waals surface area contributed by atoms with Crippen molar-refractivity contribution in [2.75, 3.05) is 0 Å². The van der Waals surface area contributed by atoms with E-state index in [4.69, 9.17) is 0 Å². The van der Waals surface area contributed by atoms with Crippen LogP contribution in [-0.4, -0.2) is 0 Å². The molecule has 0 saturated heterocycles. The third kappa shape index (κ3) is 16.5. The summed E-state index contributed by atoms with van der Waals surface area (Å²) in [7, 11) is -3.51. The van der Waals surface area contributed by atoms with Gasteiger partial charge in [-0.2, -0.15) is 0 Å². The Hall–Kier alpha value is -7.02. The van der Waals surface area contributed by atoms with E-state index in [0.717, 1.165) is 0 Å². The minimum atomic E-state index is -0.877. The van der Waals surface area contributed by atoms with Crippen molar-refractivity contribution in [3.05, 3.63) is 364 Å². The van der Waals surface area contributed by atoms with Gasteiger partial charge in [-0.1, -0.05) is 218 Å². The molecule has 12 rings (SSSR count). The quantitative estimate of drug-likeness (QED) is 0.0845. The summed E-state index contributed by atoms with van der Waals surface area (Å²) in [6, 6.07) is 130. The minimum Gasteiger partial charge on any atom is -0.0620 e. The summed E-state index contributed by atoms with van der Waals surface area (Å²) in [5.74, 6) is 0. The van der Waals surface area contributed by atoms with E-state index in [2.05, 4.69) is 364 Å². The first-order valence-electron chi connectivity index (χ1n) is 25.9. The van der Waals surface area contributed by atoms with Crippen molar-refractivity contribution in [2.45, 2.75) is 0 Å². The maximum absolute atomic E-state index is 2.24. The van der Waals surface area contributed by atoms with E-state index in [-0.39, 0.29) is 22.3 Å². The van der Waals surface area contributed by atoms with Crippen molar-refractivity contribution in [1.82, 2.24) is 0 Å². The van der Waals surface area contributed by atoms with Gasteiger partial charge in [0.15, 0.2) is 0 Å². The van der Waals surface area contributed by atoms with E-state index in [0.29, 0.717) is 0 Å². The first kappa shape index (κ1) is 56.2. The molecule has 0 fully saturated rings. The van der Waals surface area contributed by atoms with E-state index in [1.165, 1.54) is 63.7 Å². The van der Waals surface area contributed by atoms with Crippen LogP contribution in [0.5, 0.6) is 0 Å². The molecule has 12 aromatic carbocycles. The Balaban J connectivity index is 0.000000168. The Morgan fingerprint density at radius 1 is 0.117 bits per heavy atom. The number of hydrogen-bond acceptors (Lipinski definition) is 0. The fourth-order valence-electron chi connectivity index (χ4n) is 9.26. The summed E-state index contributed by atoms with van der Waals surface area (Å²) in [6.07, 6.45) is 0. The molecule has 380 valence electrons. The van der Waals surface area contributed by atoms with Crippen LogP contribution in [0.25, 0.3) is 0 Å². The van der Waals surface area contributed by atoms with Crippen molar-refractivity contribution < 1.29 is 22.3 Å². The summed E-state index contributed by atoms with van der Waals surface area (Å²) in [4.78, 5) is 0. The van der Waals surface area contributed by atoms with E-state index in [1.807, 2.05) is 0 Å². The molecular weight excluding hydrogens is 1090 g/mol. The summed E-state index contributed by atoms with van der Waals surface area (Å²) in [6.45, 7) is 0. The van der Waals surface area contributed by atoms with E-state index in [1.54, 1.807) is 0 Å². The molecule has 0 radical (unpaired) electrons. The summed E-state index contributed by atoms with van der Waals surface area (Å²) < 4.78 is 0. The van der Waals surface area contributed by atoms with Crippen molar-refractivity contribution >= 4 is 95.3 Å². The summed E-state index contributed by atoms with van der Waals surface area (Å²) in [5, 5.41) is 17.2. The van der Waals surface area contributed by atoms with Crippen molar-refractivity contribution in [3.63, 3.8) is 0 Å². The Kier molecular flexibility index (Phi) is 22.8. The fourth-order valence-corrected chi connectivity index (χ4v) is 19.6. The number of rotatable bonds is 12. The van der Waals surface area contributed by atoms with Crippen LogP contribution < -0.4 is 63.7 Å². The Labute approximate surface area is 478 Å². The van der Waals surface area contributed by atoms with Crippen LogP contribution in [0.4, 0.5) is 0 Å². The van der Waals surface area contributed by atoms with Gasteiger partial charge in [0.2, 0.25) is 0 Å². The maximum atomic E-state index is 2.24. The molecule has 0 N–H and O–H groups in total. The molecule has 0 aliphatic carbocycles.